The number of aryl methyl sites for hydroxylation is 1. The van der Waals surface area contributed by atoms with Crippen molar-refractivity contribution in [3.05, 3.63) is 75.1 Å². The van der Waals surface area contributed by atoms with E-state index in [1.807, 2.05) is 18.5 Å². The number of aromatic nitrogens is 2. The number of carbonyl (C=O) groups excluding carboxylic acids is 1. The van der Waals surface area contributed by atoms with Crippen LogP contribution in [0.3, 0.4) is 0 Å². The molecule has 11 heteroatoms. The van der Waals surface area contributed by atoms with E-state index in [1.54, 1.807) is 23.5 Å². The number of halogens is 1. The summed E-state index contributed by atoms with van der Waals surface area (Å²) in [5.41, 5.74) is 3.87. The average Bonchev–Trinajstić information content (AvgIpc) is 3.42. The van der Waals surface area contributed by atoms with E-state index in [2.05, 4.69) is 47.4 Å². The fourth-order valence-electron chi connectivity index (χ4n) is 6.90. The standard InChI is InChI=1S/C36H48FN5O4S/c1-23-40-27(22-47-23)20-42-12-13-45-32(21-42)33(44)41-29(15-24-6-8-26(37)9-7-24)31(43)19-38-30-17-36(10-5-11-36)46-34-28(30)14-25(18-39-34)16-35(2,3)4/h6-9,14,18,22,29-32,38,43H,5,10-13,15-17,19-21H2,1-4H3,(H,41,44)/t29-,30-,31-,32-/m0/s1. The average molecular weight is 666 g/mol. The Hall–Kier alpha value is -2.96. The smallest absolute Gasteiger partial charge is 0.250 e. The van der Waals surface area contributed by atoms with E-state index in [-0.39, 0.29) is 35.3 Å². The van der Waals surface area contributed by atoms with Crippen LogP contribution >= 0.6 is 11.3 Å². The van der Waals surface area contributed by atoms with Crippen molar-refractivity contribution in [2.24, 2.45) is 5.41 Å². The van der Waals surface area contributed by atoms with Crippen molar-refractivity contribution in [3.63, 3.8) is 0 Å². The molecule has 2 aliphatic heterocycles. The number of pyridine rings is 1. The fraction of sp³-hybridized carbons (Fsp3) is 0.583. The zero-order valence-corrected chi connectivity index (χ0v) is 28.7. The Morgan fingerprint density at radius 2 is 2.02 bits per heavy atom. The van der Waals surface area contributed by atoms with E-state index < -0.39 is 18.2 Å². The summed E-state index contributed by atoms with van der Waals surface area (Å²) in [6.45, 7) is 11.1. The Morgan fingerprint density at radius 3 is 2.70 bits per heavy atom. The minimum atomic E-state index is -0.920. The Bertz CT molecular complexity index is 1520. The second kappa shape index (κ2) is 14.3. The van der Waals surface area contributed by atoms with Crippen LogP contribution in [0, 0.1) is 18.2 Å². The highest BCUT2D eigenvalue weighted by Gasteiger charge is 2.46. The molecule has 1 saturated heterocycles. The van der Waals surface area contributed by atoms with E-state index in [4.69, 9.17) is 14.5 Å². The van der Waals surface area contributed by atoms with Gasteiger partial charge in [-0.05, 0) is 73.8 Å². The third-order valence-corrected chi connectivity index (χ3v) is 10.3. The summed E-state index contributed by atoms with van der Waals surface area (Å²) in [5.74, 6) is 0.0739. The number of thiazole rings is 1. The number of aliphatic hydroxyl groups excluding tert-OH is 1. The largest absolute Gasteiger partial charge is 0.471 e. The first-order valence-electron chi connectivity index (χ1n) is 16.8. The van der Waals surface area contributed by atoms with Gasteiger partial charge < -0.3 is 25.2 Å². The number of carbonyl (C=O) groups is 1. The molecule has 3 aromatic rings. The molecule has 1 saturated carbocycles. The summed E-state index contributed by atoms with van der Waals surface area (Å²) >= 11 is 1.62. The number of hydrogen-bond donors (Lipinski definition) is 3. The van der Waals surface area contributed by atoms with Gasteiger partial charge >= 0.3 is 0 Å². The van der Waals surface area contributed by atoms with Crippen molar-refractivity contribution >= 4 is 17.2 Å². The highest BCUT2D eigenvalue weighted by Crippen LogP contribution is 2.48. The molecular weight excluding hydrogens is 617 g/mol. The summed E-state index contributed by atoms with van der Waals surface area (Å²) < 4.78 is 26.1. The minimum Gasteiger partial charge on any atom is -0.471 e. The molecule has 1 aromatic carbocycles. The Kier molecular flexibility index (Phi) is 10.3. The van der Waals surface area contributed by atoms with Crippen LogP contribution in [0.25, 0.3) is 0 Å². The van der Waals surface area contributed by atoms with Crippen LogP contribution in [0.2, 0.25) is 0 Å². The van der Waals surface area contributed by atoms with E-state index in [0.29, 0.717) is 38.5 Å². The Labute approximate surface area is 281 Å². The minimum absolute atomic E-state index is 0.0483. The summed E-state index contributed by atoms with van der Waals surface area (Å²) in [5, 5.41) is 21.4. The molecule has 9 nitrogen and oxygen atoms in total. The highest BCUT2D eigenvalue weighted by atomic mass is 32.1. The molecule has 0 unspecified atom stereocenters. The van der Waals surface area contributed by atoms with E-state index in [0.717, 1.165) is 59.5 Å². The molecule has 3 aliphatic rings. The number of hydrogen-bond acceptors (Lipinski definition) is 9. The number of nitrogens with one attached hydrogen (secondary N) is 2. The number of amides is 1. The second-order valence-electron chi connectivity index (χ2n) is 14.7. The molecule has 0 radical (unpaired) electrons. The van der Waals surface area contributed by atoms with Crippen LogP contribution in [0.4, 0.5) is 4.39 Å². The van der Waals surface area contributed by atoms with Crippen molar-refractivity contribution in [1.82, 2.24) is 25.5 Å². The molecule has 6 rings (SSSR count). The number of benzene rings is 1. The third-order valence-electron chi connectivity index (χ3n) is 9.43. The first-order valence-corrected chi connectivity index (χ1v) is 17.7. The zero-order valence-electron chi connectivity index (χ0n) is 27.9. The van der Waals surface area contributed by atoms with Gasteiger partial charge in [0.05, 0.1) is 29.5 Å². The molecule has 1 spiro atoms. The summed E-state index contributed by atoms with van der Waals surface area (Å²) in [6.07, 6.45) is 5.47. The topological polar surface area (TPSA) is 109 Å². The molecule has 0 bridgehead atoms. The van der Waals surface area contributed by atoms with Gasteiger partial charge in [-0.3, -0.25) is 9.69 Å². The molecule has 1 aliphatic carbocycles. The fourth-order valence-corrected chi connectivity index (χ4v) is 7.50. The monoisotopic (exact) mass is 665 g/mol. The summed E-state index contributed by atoms with van der Waals surface area (Å²) in [7, 11) is 0. The normalized spacial score (nSPS) is 22.2. The summed E-state index contributed by atoms with van der Waals surface area (Å²) in [6, 6.07) is 7.72. The highest BCUT2D eigenvalue weighted by molar-refractivity contribution is 7.09. The number of aliphatic hydroxyl groups is 1. The Balaban J connectivity index is 1.15. The van der Waals surface area contributed by atoms with Crippen LogP contribution in [-0.4, -0.2) is 76.0 Å². The first kappa shape index (κ1) is 33.9. The predicted molar refractivity (Wildman–Crippen MR) is 180 cm³/mol. The number of fused-ring (bicyclic) bond motifs is 1. The zero-order chi connectivity index (χ0) is 33.2. The lowest BCUT2D eigenvalue weighted by Gasteiger charge is -2.47. The molecule has 2 fully saturated rings. The van der Waals surface area contributed by atoms with Crippen molar-refractivity contribution in [2.45, 2.75) is 103 Å². The van der Waals surface area contributed by atoms with Gasteiger partial charge in [0.15, 0.2) is 0 Å². The van der Waals surface area contributed by atoms with Crippen LogP contribution in [0.15, 0.2) is 41.9 Å². The predicted octanol–water partition coefficient (Wildman–Crippen LogP) is 4.90. The molecule has 4 atom stereocenters. The van der Waals surface area contributed by atoms with E-state index in [9.17, 15) is 14.3 Å². The molecule has 254 valence electrons. The quantitative estimate of drug-likeness (QED) is 0.266. The van der Waals surface area contributed by atoms with Gasteiger partial charge in [0.25, 0.3) is 5.91 Å². The van der Waals surface area contributed by atoms with Crippen molar-refractivity contribution in [2.75, 3.05) is 26.2 Å². The van der Waals surface area contributed by atoms with Gasteiger partial charge in [-0.15, -0.1) is 11.3 Å². The van der Waals surface area contributed by atoms with Gasteiger partial charge in [0.1, 0.15) is 17.5 Å². The van der Waals surface area contributed by atoms with Crippen molar-refractivity contribution < 1.29 is 23.8 Å². The van der Waals surface area contributed by atoms with Crippen molar-refractivity contribution in [1.29, 1.82) is 0 Å². The number of morpholine rings is 1. The molecule has 47 heavy (non-hydrogen) atoms. The molecule has 3 N–H and O–H groups in total. The van der Waals surface area contributed by atoms with Crippen molar-refractivity contribution in [3.8, 4) is 5.88 Å². The van der Waals surface area contributed by atoms with Gasteiger partial charge in [-0.25, -0.2) is 14.4 Å². The number of rotatable bonds is 11. The molecule has 4 heterocycles. The van der Waals surface area contributed by atoms with Gasteiger partial charge in [0.2, 0.25) is 5.88 Å². The first-order chi connectivity index (χ1) is 22.4. The lowest BCUT2D eigenvalue weighted by Crippen LogP contribution is -2.56. The van der Waals surface area contributed by atoms with E-state index >= 15 is 0 Å². The number of nitrogens with zero attached hydrogens (tertiary/aromatic N) is 3. The molecular formula is C36H48FN5O4S. The second-order valence-corrected chi connectivity index (χ2v) is 15.8. The van der Waals surface area contributed by atoms with Gasteiger partial charge in [-0.1, -0.05) is 32.9 Å². The Morgan fingerprint density at radius 1 is 1.23 bits per heavy atom. The SMILES string of the molecule is Cc1nc(CN2CCO[C@H](C(=O)N[C@@H](Cc3ccc(F)cc3)[C@@H](O)CN[C@H]3CC4(CCC4)Oc4ncc(CC(C)(C)C)cc43)C2)cs1. The maximum absolute atomic E-state index is 13.7. The van der Waals surface area contributed by atoms with Gasteiger partial charge in [0, 0.05) is 55.8 Å². The van der Waals surface area contributed by atoms with Gasteiger partial charge in [-0.2, -0.15) is 0 Å². The van der Waals surface area contributed by atoms with Crippen LogP contribution in [-0.2, 0) is 28.9 Å². The number of ether oxygens (including phenoxy) is 2. The molecule has 2 aromatic heterocycles. The lowest BCUT2D eigenvalue weighted by molar-refractivity contribution is -0.140. The third kappa shape index (κ3) is 8.75. The molecule has 1 amide bonds. The maximum Gasteiger partial charge on any atom is 0.250 e. The van der Waals surface area contributed by atoms with Crippen LogP contribution in [0.1, 0.15) is 79.9 Å². The van der Waals surface area contributed by atoms with E-state index in [1.165, 1.54) is 12.1 Å². The van der Waals surface area contributed by atoms with Crippen LogP contribution < -0.4 is 15.4 Å². The maximum atomic E-state index is 13.7. The lowest BCUT2D eigenvalue weighted by atomic mass is 9.73. The van der Waals surface area contributed by atoms with Crippen LogP contribution in [0.5, 0.6) is 5.88 Å². The summed E-state index contributed by atoms with van der Waals surface area (Å²) in [4.78, 5) is 25.1.